The molecular weight excluding hydrogens is 542 g/mol. The maximum atomic E-state index is 13.2. The van der Waals surface area contributed by atoms with Gasteiger partial charge in [-0.3, -0.25) is 9.59 Å². The van der Waals surface area contributed by atoms with E-state index in [9.17, 15) is 19.5 Å². The smallest absolute Gasteiger partial charge is 0.410 e. The fourth-order valence-electron chi connectivity index (χ4n) is 4.38. The summed E-state index contributed by atoms with van der Waals surface area (Å²) in [6, 6.07) is 9.05. The number of aliphatic hydroxyl groups is 1. The average Bonchev–Trinajstić information content (AvgIpc) is 3.40. The Morgan fingerprint density at radius 1 is 1.15 bits per heavy atom. The van der Waals surface area contributed by atoms with Crippen molar-refractivity contribution >= 4 is 29.3 Å². The molecule has 226 valence electrons. The SMILES string of the molecule is C=CCOC(=O)[C@@H](C)C[C@H](Cc1ccccc1)NC(=O)c1csc([C@H](O)C[C@H](C(C)C)N(C)C(=O)OC(C)(C)C)n1. The lowest BCUT2D eigenvalue weighted by atomic mass is 9.96. The zero-order valence-electron chi connectivity index (χ0n) is 25.3. The molecule has 9 nitrogen and oxygen atoms in total. The third-order valence-corrected chi connectivity index (χ3v) is 7.44. The summed E-state index contributed by atoms with van der Waals surface area (Å²) in [4.78, 5) is 44.2. The number of aromatic nitrogens is 1. The number of ether oxygens (including phenoxy) is 2. The van der Waals surface area contributed by atoms with Crippen molar-refractivity contribution in [3.8, 4) is 0 Å². The fraction of sp³-hybridized carbons (Fsp3) is 0.548. The van der Waals surface area contributed by atoms with Crippen molar-refractivity contribution in [3.63, 3.8) is 0 Å². The molecule has 0 radical (unpaired) electrons. The van der Waals surface area contributed by atoms with Crippen molar-refractivity contribution in [1.82, 2.24) is 15.2 Å². The first-order valence-electron chi connectivity index (χ1n) is 13.9. The maximum Gasteiger partial charge on any atom is 0.410 e. The molecule has 10 heteroatoms. The Hall–Kier alpha value is -3.24. The number of hydrogen-bond donors (Lipinski definition) is 2. The van der Waals surface area contributed by atoms with Crippen LogP contribution in [0.1, 0.15) is 81.5 Å². The molecule has 2 N–H and O–H groups in total. The zero-order valence-corrected chi connectivity index (χ0v) is 26.1. The monoisotopic (exact) mass is 587 g/mol. The molecule has 0 aliphatic heterocycles. The van der Waals surface area contributed by atoms with E-state index in [2.05, 4.69) is 16.9 Å². The Morgan fingerprint density at radius 3 is 2.39 bits per heavy atom. The van der Waals surface area contributed by atoms with Crippen LogP contribution in [0.15, 0.2) is 48.4 Å². The van der Waals surface area contributed by atoms with Gasteiger partial charge in [-0.15, -0.1) is 11.3 Å². The van der Waals surface area contributed by atoms with Gasteiger partial charge in [-0.2, -0.15) is 0 Å². The molecule has 2 aromatic rings. The van der Waals surface area contributed by atoms with Crippen molar-refractivity contribution < 1.29 is 29.0 Å². The number of benzene rings is 1. The van der Waals surface area contributed by atoms with Crippen molar-refractivity contribution in [3.05, 3.63) is 64.6 Å². The Bertz CT molecular complexity index is 1140. The Labute approximate surface area is 248 Å². The van der Waals surface area contributed by atoms with Crippen LogP contribution in [0, 0.1) is 11.8 Å². The predicted octanol–water partition coefficient (Wildman–Crippen LogP) is 5.55. The van der Waals surface area contributed by atoms with Gasteiger partial charge in [0, 0.05) is 30.9 Å². The van der Waals surface area contributed by atoms with Gasteiger partial charge in [0.2, 0.25) is 0 Å². The molecule has 0 aliphatic carbocycles. The minimum atomic E-state index is -0.974. The van der Waals surface area contributed by atoms with Crippen LogP contribution < -0.4 is 5.32 Å². The standard InChI is InChI=1S/C31H45N3O6S/c1-9-15-39-29(37)21(4)16-23(17-22-13-11-10-12-14-22)32-27(36)24-19-41-28(33-24)26(35)18-25(20(2)3)34(8)30(38)40-31(5,6)7/h9-14,19-21,23,25-26,35H,1,15-18H2,2-8H3,(H,32,36)/t21-,23+,25+,26+/m0/s1. The molecule has 0 unspecified atom stereocenters. The predicted molar refractivity (Wildman–Crippen MR) is 161 cm³/mol. The third-order valence-electron chi connectivity index (χ3n) is 6.50. The molecule has 2 rings (SSSR count). The highest BCUT2D eigenvalue weighted by Gasteiger charge is 2.31. The summed E-state index contributed by atoms with van der Waals surface area (Å²) in [5, 5.41) is 16.0. The molecule has 0 fully saturated rings. The van der Waals surface area contributed by atoms with Gasteiger partial charge < -0.3 is 24.8 Å². The summed E-state index contributed by atoms with van der Waals surface area (Å²) in [7, 11) is 1.66. The zero-order chi connectivity index (χ0) is 30.7. The molecule has 1 aromatic carbocycles. The molecule has 2 amide bonds. The first-order chi connectivity index (χ1) is 19.2. The second-order valence-corrected chi connectivity index (χ2v) is 12.5. The largest absolute Gasteiger partial charge is 0.461 e. The Kier molecular flexibility index (Phi) is 13.0. The second-order valence-electron chi connectivity index (χ2n) is 11.6. The van der Waals surface area contributed by atoms with Gasteiger partial charge in [0.1, 0.15) is 29.0 Å². The summed E-state index contributed by atoms with van der Waals surface area (Å²) in [6.45, 7) is 14.8. The number of rotatable bonds is 14. The van der Waals surface area contributed by atoms with E-state index in [1.807, 2.05) is 44.2 Å². The number of nitrogens with zero attached hydrogens (tertiary/aromatic N) is 2. The molecule has 0 bridgehead atoms. The van der Waals surface area contributed by atoms with E-state index in [-0.39, 0.29) is 42.7 Å². The molecule has 1 aromatic heterocycles. The number of hydrogen-bond acceptors (Lipinski definition) is 8. The molecular formula is C31H45N3O6S. The van der Waals surface area contributed by atoms with E-state index in [0.29, 0.717) is 17.8 Å². The second kappa shape index (κ2) is 15.7. The molecule has 0 spiro atoms. The van der Waals surface area contributed by atoms with Crippen LogP contribution in [0.5, 0.6) is 0 Å². The van der Waals surface area contributed by atoms with Crippen LogP contribution in [0.4, 0.5) is 4.79 Å². The van der Waals surface area contributed by atoms with Crippen molar-refractivity contribution in [1.29, 1.82) is 0 Å². The van der Waals surface area contributed by atoms with Gasteiger partial charge in [-0.05, 0) is 45.1 Å². The minimum absolute atomic E-state index is 0.0452. The highest BCUT2D eigenvalue weighted by Crippen LogP contribution is 2.28. The van der Waals surface area contributed by atoms with E-state index < -0.39 is 29.6 Å². The lowest BCUT2D eigenvalue weighted by molar-refractivity contribution is -0.147. The molecule has 0 aliphatic rings. The number of aliphatic hydroxyl groups excluding tert-OH is 1. The topological polar surface area (TPSA) is 118 Å². The fourth-order valence-corrected chi connectivity index (χ4v) is 5.18. The number of nitrogens with one attached hydrogen (secondary N) is 1. The van der Waals surface area contributed by atoms with Gasteiger partial charge in [0.15, 0.2) is 0 Å². The quantitative estimate of drug-likeness (QED) is 0.220. The number of esters is 1. The van der Waals surface area contributed by atoms with Gasteiger partial charge in [-0.1, -0.05) is 63.8 Å². The van der Waals surface area contributed by atoms with E-state index >= 15 is 0 Å². The van der Waals surface area contributed by atoms with Gasteiger partial charge in [-0.25, -0.2) is 9.78 Å². The Balaban J connectivity index is 2.12. The third kappa shape index (κ3) is 11.3. The van der Waals surface area contributed by atoms with Crippen LogP contribution in [0.3, 0.4) is 0 Å². The van der Waals surface area contributed by atoms with Crippen LogP contribution >= 0.6 is 11.3 Å². The summed E-state index contributed by atoms with van der Waals surface area (Å²) in [6.07, 6.45) is 1.22. The summed E-state index contributed by atoms with van der Waals surface area (Å²) >= 11 is 1.19. The average molecular weight is 588 g/mol. The van der Waals surface area contributed by atoms with Gasteiger partial charge in [0.25, 0.3) is 5.91 Å². The first-order valence-corrected chi connectivity index (χ1v) is 14.8. The molecule has 0 saturated carbocycles. The van der Waals surface area contributed by atoms with Crippen LogP contribution in [-0.4, -0.2) is 64.3 Å². The van der Waals surface area contributed by atoms with Gasteiger partial charge >= 0.3 is 12.1 Å². The lowest BCUT2D eigenvalue weighted by Crippen LogP contribution is -2.44. The number of carbonyl (C=O) groups is 3. The summed E-state index contributed by atoms with van der Waals surface area (Å²) in [5.74, 6) is -1.14. The highest BCUT2D eigenvalue weighted by molar-refractivity contribution is 7.09. The Morgan fingerprint density at radius 2 is 1.80 bits per heavy atom. The van der Waals surface area contributed by atoms with Crippen LogP contribution in [-0.2, 0) is 20.7 Å². The van der Waals surface area contributed by atoms with E-state index in [1.54, 1.807) is 40.1 Å². The summed E-state index contributed by atoms with van der Waals surface area (Å²) < 4.78 is 10.7. The molecule has 4 atom stereocenters. The van der Waals surface area contributed by atoms with E-state index in [4.69, 9.17) is 9.47 Å². The number of carbonyl (C=O) groups excluding carboxylic acids is 3. The van der Waals surface area contributed by atoms with E-state index in [1.165, 1.54) is 22.3 Å². The normalized spacial score (nSPS) is 14.5. The van der Waals surface area contributed by atoms with Crippen LogP contribution in [0.25, 0.3) is 0 Å². The highest BCUT2D eigenvalue weighted by atomic mass is 32.1. The number of thiazole rings is 1. The van der Waals surface area contributed by atoms with Crippen molar-refractivity contribution in [2.75, 3.05) is 13.7 Å². The number of amides is 2. The maximum absolute atomic E-state index is 13.2. The van der Waals surface area contributed by atoms with Gasteiger partial charge in [0.05, 0.1) is 5.92 Å². The van der Waals surface area contributed by atoms with Crippen LogP contribution in [0.2, 0.25) is 0 Å². The molecule has 1 heterocycles. The van der Waals surface area contributed by atoms with E-state index in [0.717, 1.165) is 5.56 Å². The molecule has 0 saturated heterocycles. The lowest BCUT2D eigenvalue weighted by Gasteiger charge is -2.34. The minimum Gasteiger partial charge on any atom is -0.461 e. The molecule has 41 heavy (non-hydrogen) atoms. The van der Waals surface area contributed by atoms with Crippen molar-refractivity contribution in [2.45, 2.75) is 84.6 Å². The van der Waals surface area contributed by atoms with Crippen molar-refractivity contribution in [2.24, 2.45) is 11.8 Å². The first kappa shape index (κ1) is 34.0. The summed E-state index contributed by atoms with van der Waals surface area (Å²) in [5.41, 5.74) is 0.573.